The van der Waals surface area contributed by atoms with Crippen LogP contribution in [0.5, 0.6) is 0 Å². The van der Waals surface area contributed by atoms with E-state index in [2.05, 4.69) is 37.9 Å². The first kappa shape index (κ1) is 18.5. The molecule has 1 aromatic rings. The van der Waals surface area contributed by atoms with Crippen LogP contribution in [0, 0.1) is 0 Å². The van der Waals surface area contributed by atoms with E-state index in [-0.39, 0.29) is 23.7 Å². The fourth-order valence-corrected chi connectivity index (χ4v) is 2.82. The number of benzene rings is 1. The molecule has 1 aromatic carbocycles. The SMILES string of the molecule is CCN1CCN(C(=O)CC(=O)Nc2ccc(C(C)(C)C)cc2)CC1. The van der Waals surface area contributed by atoms with Gasteiger partial charge in [-0.25, -0.2) is 0 Å². The summed E-state index contributed by atoms with van der Waals surface area (Å²) in [6, 6.07) is 7.81. The summed E-state index contributed by atoms with van der Waals surface area (Å²) in [6.45, 7) is 12.8. The molecule has 0 saturated carbocycles. The molecule has 0 radical (unpaired) electrons. The predicted octanol–water partition coefficient (Wildman–Crippen LogP) is 2.48. The number of hydrogen-bond acceptors (Lipinski definition) is 3. The van der Waals surface area contributed by atoms with Gasteiger partial charge in [-0.1, -0.05) is 39.8 Å². The second-order valence-corrected chi connectivity index (χ2v) is 7.37. The van der Waals surface area contributed by atoms with E-state index in [1.165, 1.54) is 5.56 Å². The Kier molecular flexibility index (Phi) is 5.99. The van der Waals surface area contributed by atoms with Gasteiger partial charge in [0, 0.05) is 31.9 Å². The Bertz CT molecular complexity index is 567. The number of hydrogen-bond donors (Lipinski definition) is 1. The maximum atomic E-state index is 12.2. The van der Waals surface area contributed by atoms with Gasteiger partial charge in [0.25, 0.3) is 0 Å². The van der Waals surface area contributed by atoms with Crippen molar-refractivity contribution in [2.75, 3.05) is 38.0 Å². The number of nitrogens with zero attached hydrogens (tertiary/aromatic N) is 2. The minimum absolute atomic E-state index is 0.0825. The van der Waals surface area contributed by atoms with Gasteiger partial charge in [-0.2, -0.15) is 0 Å². The van der Waals surface area contributed by atoms with E-state index in [1.54, 1.807) is 4.90 Å². The number of carbonyl (C=O) groups excluding carboxylic acids is 2. The molecule has 1 saturated heterocycles. The van der Waals surface area contributed by atoms with Gasteiger partial charge in [0.1, 0.15) is 6.42 Å². The van der Waals surface area contributed by atoms with Crippen LogP contribution >= 0.6 is 0 Å². The zero-order valence-corrected chi connectivity index (χ0v) is 15.3. The standard InChI is InChI=1S/C19H29N3O2/c1-5-21-10-12-22(13-11-21)18(24)14-17(23)20-16-8-6-15(7-9-16)19(2,3)4/h6-9H,5,10-14H2,1-4H3,(H,20,23). The second-order valence-electron chi connectivity index (χ2n) is 7.37. The van der Waals surface area contributed by atoms with Gasteiger partial charge in [-0.3, -0.25) is 9.59 Å². The number of rotatable bonds is 4. The highest BCUT2D eigenvalue weighted by molar-refractivity contribution is 6.03. The number of amides is 2. The lowest BCUT2D eigenvalue weighted by atomic mass is 9.87. The molecule has 5 nitrogen and oxygen atoms in total. The fourth-order valence-electron chi connectivity index (χ4n) is 2.82. The zero-order valence-electron chi connectivity index (χ0n) is 15.3. The molecule has 2 amide bonds. The smallest absolute Gasteiger partial charge is 0.233 e. The van der Waals surface area contributed by atoms with E-state index in [9.17, 15) is 9.59 Å². The van der Waals surface area contributed by atoms with Crippen molar-refractivity contribution in [3.05, 3.63) is 29.8 Å². The molecule has 1 heterocycles. The summed E-state index contributed by atoms with van der Waals surface area (Å²) in [4.78, 5) is 28.4. The molecule has 0 atom stereocenters. The van der Waals surface area contributed by atoms with Crippen LogP contribution in [0.2, 0.25) is 0 Å². The number of nitrogens with one attached hydrogen (secondary N) is 1. The van der Waals surface area contributed by atoms with Gasteiger partial charge >= 0.3 is 0 Å². The van der Waals surface area contributed by atoms with Crippen LogP contribution < -0.4 is 5.32 Å². The molecule has 1 aliphatic heterocycles. The van der Waals surface area contributed by atoms with Crippen LogP contribution in [0.3, 0.4) is 0 Å². The minimum atomic E-state index is -0.249. The number of piperazine rings is 1. The van der Waals surface area contributed by atoms with Crippen molar-refractivity contribution in [3.63, 3.8) is 0 Å². The highest BCUT2D eigenvalue weighted by atomic mass is 16.2. The lowest BCUT2D eigenvalue weighted by Crippen LogP contribution is -2.49. The molecular weight excluding hydrogens is 302 g/mol. The molecule has 1 fully saturated rings. The normalized spacial score (nSPS) is 16.1. The van der Waals surface area contributed by atoms with Gasteiger partial charge < -0.3 is 15.1 Å². The first-order chi connectivity index (χ1) is 11.3. The highest BCUT2D eigenvalue weighted by Crippen LogP contribution is 2.23. The summed E-state index contributed by atoms with van der Waals surface area (Å²) >= 11 is 0. The van der Waals surface area contributed by atoms with E-state index < -0.39 is 0 Å². The van der Waals surface area contributed by atoms with Crippen LogP contribution in [0.15, 0.2) is 24.3 Å². The lowest BCUT2D eigenvalue weighted by molar-refractivity contribution is -0.136. The predicted molar refractivity (Wildman–Crippen MR) is 97.1 cm³/mol. The molecule has 1 N–H and O–H groups in total. The minimum Gasteiger partial charge on any atom is -0.340 e. The third-order valence-corrected chi connectivity index (χ3v) is 4.52. The molecule has 0 aliphatic carbocycles. The molecule has 1 aliphatic rings. The van der Waals surface area contributed by atoms with Gasteiger partial charge in [-0.05, 0) is 29.7 Å². The van der Waals surface area contributed by atoms with Crippen molar-refractivity contribution in [2.24, 2.45) is 0 Å². The molecule has 0 spiro atoms. The Morgan fingerprint density at radius 2 is 1.62 bits per heavy atom. The first-order valence-corrected chi connectivity index (χ1v) is 8.70. The quantitative estimate of drug-likeness (QED) is 0.863. The molecule has 0 unspecified atom stereocenters. The third-order valence-electron chi connectivity index (χ3n) is 4.52. The van der Waals surface area contributed by atoms with Crippen molar-refractivity contribution in [1.82, 2.24) is 9.80 Å². The summed E-state index contributed by atoms with van der Waals surface area (Å²) in [6.07, 6.45) is -0.0901. The molecular formula is C19H29N3O2. The number of carbonyl (C=O) groups is 2. The Hall–Kier alpha value is -1.88. The monoisotopic (exact) mass is 331 g/mol. The Labute approximate surface area is 145 Å². The van der Waals surface area contributed by atoms with Crippen molar-refractivity contribution in [1.29, 1.82) is 0 Å². The maximum Gasteiger partial charge on any atom is 0.233 e. The van der Waals surface area contributed by atoms with Crippen molar-refractivity contribution in [3.8, 4) is 0 Å². The molecule has 24 heavy (non-hydrogen) atoms. The Balaban J connectivity index is 1.83. The van der Waals surface area contributed by atoms with Gasteiger partial charge in [-0.15, -0.1) is 0 Å². The zero-order chi connectivity index (χ0) is 17.7. The fraction of sp³-hybridized carbons (Fsp3) is 0.579. The number of likely N-dealkylation sites (N-methyl/N-ethyl adjacent to an activating group) is 1. The van der Waals surface area contributed by atoms with E-state index in [0.29, 0.717) is 13.1 Å². The third kappa shape index (κ3) is 5.06. The largest absolute Gasteiger partial charge is 0.340 e. The Morgan fingerprint density at radius 1 is 1.04 bits per heavy atom. The molecule has 0 aromatic heterocycles. The van der Waals surface area contributed by atoms with Crippen LogP contribution in [-0.2, 0) is 15.0 Å². The van der Waals surface area contributed by atoms with E-state index in [0.717, 1.165) is 25.3 Å². The number of anilines is 1. The van der Waals surface area contributed by atoms with Crippen LogP contribution in [0.4, 0.5) is 5.69 Å². The van der Waals surface area contributed by atoms with E-state index >= 15 is 0 Å². The highest BCUT2D eigenvalue weighted by Gasteiger charge is 2.22. The van der Waals surface area contributed by atoms with Crippen LogP contribution in [0.25, 0.3) is 0 Å². The summed E-state index contributed by atoms with van der Waals surface area (Å²) < 4.78 is 0. The van der Waals surface area contributed by atoms with Gasteiger partial charge in [0.05, 0.1) is 0 Å². The second kappa shape index (κ2) is 7.79. The Morgan fingerprint density at radius 3 is 2.12 bits per heavy atom. The van der Waals surface area contributed by atoms with Gasteiger partial charge in [0.15, 0.2) is 0 Å². The molecule has 132 valence electrons. The average molecular weight is 331 g/mol. The molecule has 5 heteroatoms. The summed E-state index contributed by atoms with van der Waals surface area (Å²) in [5, 5.41) is 2.81. The van der Waals surface area contributed by atoms with Crippen molar-refractivity contribution < 1.29 is 9.59 Å². The summed E-state index contributed by atoms with van der Waals surface area (Å²) in [5.41, 5.74) is 2.03. The topological polar surface area (TPSA) is 52.7 Å². The lowest BCUT2D eigenvalue weighted by Gasteiger charge is -2.34. The molecule has 0 bridgehead atoms. The molecule has 2 rings (SSSR count). The van der Waals surface area contributed by atoms with E-state index in [4.69, 9.17) is 0 Å². The van der Waals surface area contributed by atoms with Crippen molar-refractivity contribution in [2.45, 2.75) is 39.5 Å². The van der Waals surface area contributed by atoms with Crippen LogP contribution in [-0.4, -0.2) is 54.3 Å². The van der Waals surface area contributed by atoms with E-state index in [1.807, 2.05) is 24.3 Å². The average Bonchev–Trinajstić information content (AvgIpc) is 2.54. The van der Waals surface area contributed by atoms with Crippen molar-refractivity contribution >= 4 is 17.5 Å². The van der Waals surface area contributed by atoms with Crippen LogP contribution in [0.1, 0.15) is 39.7 Å². The maximum absolute atomic E-state index is 12.2. The first-order valence-electron chi connectivity index (χ1n) is 8.70. The summed E-state index contributed by atoms with van der Waals surface area (Å²) in [5.74, 6) is -0.337. The summed E-state index contributed by atoms with van der Waals surface area (Å²) in [7, 11) is 0. The van der Waals surface area contributed by atoms with Gasteiger partial charge in [0.2, 0.25) is 11.8 Å².